The second kappa shape index (κ2) is 3.82. The first-order valence-electron chi connectivity index (χ1n) is 3.42. The Kier molecular flexibility index (Phi) is 2.99. The zero-order valence-corrected chi connectivity index (χ0v) is 8.79. The molecule has 5 heteroatoms. The molecule has 1 rings (SSSR count). The minimum Gasteiger partial charge on any atom is -0.274 e. The average Bonchev–Trinajstić information content (AvgIpc) is 2.08. The quantitative estimate of drug-likeness (QED) is 0.725. The van der Waals surface area contributed by atoms with Gasteiger partial charge in [-0.15, -0.1) is 0 Å². The molecule has 1 aromatic rings. The third-order valence-corrected chi connectivity index (χ3v) is 2.24. The molecule has 1 heterocycles. The topological polar surface area (TPSA) is 38.2 Å². The monoisotopic (exact) mass is 231 g/mol. The summed E-state index contributed by atoms with van der Waals surface area (Å²) in [5, 5.41) is 1.50. The molecule has 12 heavy (non-hydrogen) atoms. The largest absolute Gasteiger partial charge is 0.274 e. The van der Waals surface area contributed by atoms with E-state index in [1.54, 1.807) is 20.4 Å². The number of aryl methyl sites for hydroxylation is 1. The highest BCUT2D eigenvalue weighted by Gasteiger charge is 2.04. The summed E-state index contributed by atoms with van der Waals surface area (Å²) in [7, 11) is 3.32. The van der Waals surface area contributed by atoms with E-state index in [2.05, 4.69) is 25.9 Å². The van der Waals surface area contributed by atoms with Crippen molar-refractivity contribution in [2.24, 2.45) is 0 Å². The Bertz CT molecular complexity index is 279. The van der Waals surface area contributed by atoms with Crippen molar-refractivity contribution >= 4 is 21.9 Å². The van der Waals surface area contributed by atoms with Crippen LogP contribution in [0.4, 0.5) is 5.95 Å². The van der Waals surface area contributed by atoms with Crippen molar-refractivity contribution in [3.63, 3.8) is 0 Å². The van der Waals surface area contributed by atoms with Gasteiger partial charge in [0.2, 0.25) is 5.95 Å². The van der Waals surface area contributed by atoms with Crippen molar-refractivity contribution in [3.8, 4) is 0 Å². The van der Waals surface area contributed by atoms with Gasteiger partial charge < -0.3 is 0 Å². The fraction of sp³-hybridized carbons (Fsp3) is 0.429. The molecule has 0 aromatic carbocycles. The third kappa shape index (κ3) is 1.92. The molecule has 0 radical (unpaired) electrons. The minimum atomic E-state index is 0.554. The van der Waals surface area contributed by atoms with Crippen molar-refractivity contribution in [2.75, 3.05) is 19.2 Å². The standard InChI is InChI=1S/C7H10BrN3O/c1-5-6(8)4-9-7(10-5)11(2)12-3/h4H,1-3H3. The maximum absolute atomic E-state index is 4.92. The number of halogens is 1. The first kappa shape index (κ1) is 9.41. The summed E-state index contributed by atoms with van der Waals surface area (Å²) >= 11 is 3.32. The number of aromatic nitrogens is 2. The Morgan fingerprint density at radius 3 is 2.75 bits per heavy atom. The summed E-state index contributed by atoms with van der Waals surface area (Å²) in [4.78, 5) is 13.2. The average molecular weight is 232 g/mol. The Morgan fingerprint density at radius 2 is 2.25 bits per heavy atom. The normalized spacial score (nSPS) is 10.0. The Labute approximate surface area is 79.7 Å². The van der Waals surface area contributed by atoms with Crippen LogP contribution in [0.15, 0.2) is 10.7 Å². The highest BCUT2D eigenvalue weighted by molar-refractivity contribution is 9.10. The molecule has 0 saturated heterocycles. The van der Waals surface area contributed by atoms with Crippen LogP contribution in [0.25, 0.3) is 0 Å². The summed E-state index contributed by atoms with van der Waals surface area (Å²) in [6.45, 7) is 1.90. The van der Waals surface area contributed by atoms with Crippen LogP contribution in [0.3, 0.4) is 0 Å². The number of hydroxylamine groups is 1. The van der Waals surface area contributed by atoms with E-state index in [1.165, 1.54) is 5.06 Å². The smallest absolute Gasteiger partial charge is 0.249 e. The molecular formula is C7H10BrN3O. The van der Waals surface area contributed by atoms with Gasteiger partial charge in [-0.2, -0.15) is 0 Å². The van der Waals surface area contributed by atoms with Crippen LogP contribution in [-0.4, -0.2) is 24.1 Å². The summed E-state index contributed by atoms with van der Waals surface area (Å²) in [6, 6.07) is 0. The van der Waals surface area contributed by atoms with E-state index in [-0.39, 0.29) is 0 Å². The lowest BCUT2D eigenvalue weighted by molar-refractivity contribution is 0.180. The van der Waals surface area contributed by atoms with Crippen LogP contribution < -0.4 is 5.06 Å². The summed E-state index contributed by atoms with van der Waals surface area (Å²) < 4.78 is 0.899. The number of nitrogens with zero attached hydrogens (tertiary/aromatic N) is 3. The van der Waals surface area contributed by atoms with Gasteiger partial charge >= 0.3 is 0 Å². The van der Waals surface area contributed by atoms with Crippen LogP contribution >= 0.6 is 15.9 Å². The predicted octanol–water partition coefficient (Wildman–Crippen LogP) is 1.55. The Balaban J connectivity index is 2.96. The van der Waals surface area contributed by atoms with Gasteiger partial charge in [-0.05, 0) is 22.9 Å². The first-order chi connectivity index (χ1) is 5.65. The molecule has 0 amide bonds. The maximum Gasteiger partial charge on any atom is 0.249 e. The molecule has 0 atom stereocenters. The van der Waals surface area contributed by atoms with Crippen LogP contribution in [0.1, 0.15) is 5.69 Å². The number of anilines is 1. The molecule has 1 aromatic heterocycles. The van der Waals surface area contributed by atoms with Crippen molar-refractivity contribution in [3.05, 3.63) is 16.4 Å². The molecule has 0 fully saturated rings. The van der Waals surface area contributed by atoms with E-state index in [4.69, 9.17) is 4.84 Å². The fourth-order valence-corrected chi connectivity index (χ4v) is 0.864. The molecule has 4 nitrogen and oxygen atoms in total. The second-order valence-electron chi connectivity index (χ2n) is 2.28. The molecule has 0 saturated carbocycles. The molecule has 0 aliphatic heterocycles. The van der Waals surface area contributed by atoms with E-state index in [0.717, 1.165) is 10.2 Å². The van der Waals surface area contributed by atoms with E-state index in [9.17, 15) is 0 Å². The SMILES string of the molecule is CON(C)c1ncc(Br)c(C)n1. The second-order valence-corrected chi connectivity index (χ2v) is 3.14. The van der Waals surface area contributed by atoms with Crippen molar-refractivity contribution < 1.29 is 4.84 Å². The molecular weight excluding hydrogens is 222 g/mol. The van der Waals surface area contributed by atoms with Crippen LogP contribution in [0.2, 0.25) is 0 Å². The number of hydrogen-bond acceptors (Lipinski definition) is 4. The van der Waals surface area contributed by atoms with Gasteiger partial charge in [0.1, 0.15) is 0 Å². The van der Waals surface area contributed by atoms with E-state index < -0.39 is 0 Å². The molecule has 0 aliphatic rings. The van der Waals surface area contributed by atoms with E-state index >= 15 is 0 Å². The van der Waals surface area contributed by atoms with Gasteiger partial charge in [-0.25, -0.2) is 15.0 Å². The van der Waals surface area contributed by atoms with Gasteiger partial charge in [0.25, 0.3) is 0 Å². The lowest BCUT2D eigenvalue weighted by Gasteiger charge is -2.13. The number of hydrogen-bond donors (Lipinski definition) is 0. The molecule has 0 N–H and O–H groups in total. The van der Waals surface area contributed by atoms with E-state index in [0.29, 0.717) is 5.95 Å². The predicted molar refractivity (Wildman–Crippen MR) is 49.9 cm³/mol. The van der Waals surface area contributed by atoms with Gasteiger partial charge in [-0.3, -0.25) is 4.84 Å². The minimum absolute atomic E-state index is 0.554. The molecule has 0 bridgehead atoms. The van der Waals surface area contributed by atoms with Crippen molar-refractivity contribution in [1.82, 2.24) is 9.97 Å². The molecule has 0 unspecified atom stereocenters. The molecule has 66 valence electrons. The van der Waals surface area contributed by atoms with Crippen molar-refractivity contribution in [1.29, 1.82) is 0 Å². The number of rotatable bonds is 2. The van der Waals surface area contributed by atoms with Gasteiger partial charge in [0, 0.05) is 13.2 Å². The van der Waals surface area contributed by atoms with Crippen LogP contribution in [0, 0.1) is 6.92 Å². The Hall–Kier alpha value is -0.680. The molecule has 0 spiro atoms. The highest BCUT2D eigenvalue weighted by Crippen LogP contribution is 2.14. The fourth-order valence-electron chi connectivity index (χ4n) is 0.673. The lowest BCUT2D eigenvalue weighted by atomic mass is 10.5. The van der Waals surface area contributed by atoms with Gasteiger partial charge in [0.15, 0.2) is 0 Å². The van der Waals surface area contributed by atoms with E-state index in [1.807, 2.05) is 6.92 Å². The zero-order valence-electron chi connectivity index (χ0n) is 7.21. The Morgan fingerprint density at radius 1 is 1.58 bits per heavy atom. The molecule has 0 aliphatic carbocycles. The summed E-state index contributed by atoms with van der Waals surface area (Å²) in [5.74, 6) is 0.554. The first-order valence-corrected chi connectivity index (χ1v) is 4.21. The highest BCUT2D eigenvalue weighted by atomic mass is 79.9. The van der Waals surface area contributed by atoms with Gasteiger partial charge in [-0.1, -0.05) is 0 Å². The van der Waals surface area contributed by atoms with Crippen molar-refractivity contribution in [2.45, 2.75) is 6.92 Å². The summed E-state index contributed by atoms with van der Waals surface area (Å²) in [5.41, 5.74) is 0.893. The lowest BCUT2D eigenvalue weighted by Crippen LogP contribution is -2.17. The van der Waals surface area contributed by atoms with Crippen LogP contribution in [-0.2, 0) is 4.84 Å². The maximum atomic E-state index is 4.92. The zero-order chi connectivity index (χ0) is 9.14. The third-order valence-electron chi connectivity index (χ3n) is 1.46. The summed E-state index contributed by atoms with van der Waals surface area (Å²) in [6.07, 6.45) is 1.70. The van der Waals surface area contributed by atoms with Gasteiger partial charge in [0.05, 0.1) is 17.3 Å². The van der Waals surface area contributed by atoms with Crippen LogP contribution in [0.5, 0.6) is 0 Å².